The number of nitrogens with zero attached hydrogens (tertiary/aromatic N) is 2. The third kappa shape index (κ3) is 1.73. The highest BCUT2D eigenvalue weighted by atomic mass is 19.1. The monoisotopic (exact) mass is 232 g/mol. The van der Waals surface area contributed by atoms with Crippen molar-refractivity contribution < 1.29 is 9.18 Å². The number of carbonyl (C=O) groups is 1. The normalized spacial score (nSPS) is 19.8. The van der Waals surface area contributed by atoms with Gasteiger partial charge in [-0.25, -0.2) is 9.37 Å². The summed E-state index contributed by atoms with van der Waals surface area (Å²) in [7, 11) is 0. The molecule has 0 saturated carbocycles. The molecule has 4 heteroatoms. The molecule has 1 amide bonds. The lowest BCUT2D eigenvalue weighted by molar-refractivity contribution is -0.114. The van der Waals surface area contributed by atoms with Gasteiger partial charge < -0.3 is 0 Å². The molecule has 0 radical (unpaired) electrons. The molecule has 1 aromatic rings. The highest BCUT2D eigenvalue weighted by Crippen LogP contribution is 2.33. The van der Waals surface area contributed by atoms with Crippen LogP contribution in [0, 0.1) is 5.82 Å². The van der Waals surface area contributed by atoms with Gasteiger partial charge in [0.2, 0.25) is 0 Å². The standard InChI is InChI=1S/C13H13FN2O/c14-10-5-6-15-12(7-10)16-8-9-3-1-2-4-11(9)13(16)17/h5-7H,1-4,8H2. The van der Waals surface area contributed by atoms with Crippen molar-refractivity contribution >= 4 is 11.7 Å². The molecule has 3 rings (SSSR count). The van der Waals surface area contributed by atoms with Gasteiger partial charge in [0.1, 0.15) is 11.6 Å². The number of aromatic nitrogens is 1. The molecular formula is C13H13FN2O. The van der Waals surface area contributed by atoms with Gasteiger partial charge in [-0.2, -0.15) is 0 Å². The Labute approximate surface area is 99.0 Å². The van der Waals surface area contributed by atoms with Gasteiger partial charge in [0, 0.05) is 24.4 Å². The summed E-state index contributed by atoms with van der Waals surface area (Å²) >= 11 is 0. The Morgan fingerprint density at radius 3 is 2.88 bits per heavy atom. The molecule has 2 aliphatic rings. The minimum atomic E-state index is -0.354. The van der Waals surface area contributed by atoms with Crippen molar-refractivity contribution in [2.24, 2.45) is 0 Å². The Balaban J connectivity index is 1.91. The summed E-state index contributed by atoms with van der Waals surface area (Å²) < 4.78 is 13.1. The molecule has 0 bridgehead atoms. The number of anilines is 1. The van der Waals surface area contributed by atoms with E-state index in [0.717, 1.165) is 31.3 Å². The number of rotatable bonds is 1. The zero-order valence-corrected chi connectivity index (χ0v) is 9.45. The number of amides is 1. The van der Waals surface area contributed by atoms with Crippen LogP contribution in [0.15, 0.2) is 29.5 Å². The summed E-state index contributed by atoms with van der Waals surface area (Å²) in [4.78, 5) is 17.8. The predicted molar refractivity (Wildman–Crippen MR) is 62.0 cm³/mol. The van der Waals surface area contributed by atoms with Gasteiger partial charge in [0.25, 0.3) is 5.91 Å². The van der Waals surface area contributed by atoms with Crippen LogP contribution < -0.4 is 4.90 Å². The summed E-state index contributed by atoms with van der Waals surface area (Å²) in [6.45, 7) is 0.588. The first-order chi connectivity index (χ1) is 8.25. The van der Waals surface area contributed by atoms with E-state index in [1.54, 1.807) is 4.90 Å². The lowest BCUT2D eigenvalue weighted by Crippen LogP contribution is -2.27. The highest BCUT2D eigenvalue weighted by Gasteiger charge is 2.32. The Kier molecular flexibility index (Phi) is 2.42. The number of hydrogen-bond acceptors (Lipinski definition) is 2. The van der Waals surface area contributed by atoms with Crippen molar-refractivity contribution in [3.63, 3.8) is 0 Å². The SMILES string of the molecule is O=C1C2=C(CCCC2)CN1c1cc(F)ccn1. The van der Waals surface area contributed by atoms with Gasteiger partial charge in [-0.15, -0.1) is 0 Å². The van der Waals surface area contributed by atoms with Crippen LogP contribution in [0.1, 0.15) is 25.7 Å². The zero-order valence-electron chi connectivity index (χ0n) is 9.45. The zero-order chi connectivity index (χ0) is 11.8. The lowest BCUT2D eigenvalue weighted by atomic mass is 9.94. The number of hydrogen-bond donors (Lipinski definition) is 0. The van der Waals surface area contributed by atoms with E-state index < -0.39 is 0 Å². The molecule has 88 valence electrons. The van der Waals surface area contributed by atoms with E-state index in [4.69, 9.17) is 0 Å². The predicted octanol–water partition coefficient (Wildman–Crippen LogP) is 2.44. The maximum absolute atomic E-state index is 13.1. The van der Waals surface area contributed by atoms with E-state index in [2.05, 4.69) is 4.98 Å². The van der Waals surface area contributed by atoms with Gasteiger partial charge in [0.05, 0.1) is 0 Å². The van der Waals surface area contributed by atoms with Crippen molar-refractivity contribution in [3.8, 4) is 0 Å². The van der Waals surface area contributed by atoms with Crippen LogP contribution >= 0.6 is 0 Å². The Hall–Kier alpha value is -1.71. The van der Waals surface area contributed by atoms with Crippen LogP contribution in [0.2, 0.25) is 0 Å². The van der Waals surface area contributed by atoms with Crippen LogP contribution in [0.3, 0.4) is 0 Å². The van der Waals surface area contributed by atoms with Crippen molar-refractivity contribution in [1.82, 2.24) is 4.98 Å². The maximum Gasteiger partial charge on any atom is 0.255 e. The number of halogens is 1. The van der Waals surface area contributed by atoms with Crippen molar-refractivity contribution in [3.05, 3.63) is 35.3 Å². The Morgan fingerprint density at radius 2 is 2.12 bits per heavy atom. The first kappa shape index (κ1) is 10.4. The first-order valence-electron chi connectivity index (χ1n) is 5.90. The largest absolute Gasteiger partial charge is 0.289 e. The van der Waals surface area contributed by atoms with E-state index in [0.29, 0.717) is 12.4 Å². The second-order valence-electron chi connectivity index (χ2n) is 4.51. The third-order valence-electron chi connectivity index (χ3n) is 3.42. The average molecular weight is 232 g/mol. The van der Waals surface area contributed by atoms with Crippen LogP contribution in [0.25, 0.3) is 0 Å². The molecule has 0 fully saturated rings. The minimum Gasteiger partial charge on any atom is -0.289 e. The molecule has 0 saturated heterocycles. The number of carbonyl (C=O) groups excluding carboxylic acids is 1. The Bertz CT molecular complexity index is 510. The van der Waals surface area contributed by atoms with Crippen molar-refractivity contribution in [1.29, 1.82) is 0 Å². The molecule has 17 heavy (non-hydrogen) atoms. The molecular weight excluding hydrogens is 219 g/mol. The first-order valence-corrected chi connectivity index (χ1v) is 5.90. The van der Waals surface area contributed by atoms with E-state index >= 15 is 0 Å². The Morgan fingerprint density at radius 1 is 1.29 bits per heavy atom. The molecule has 0 spiro atoms. The summed E-state index contributed by atoms with van der Waals surface area (Å²) in [6, 6.07) is 2.60. The fraction of sp³-hybridized carbons (Fsp3) is 0.385. The van der Waals surface area contributed by atoms with Crippen molar-refractivity contribution in [2.75, 3.05) is 11.4 Å². The molecule has 1 aliphatic carbocycles. The van der Waals surface area contributed by atoms with Crippen LogP contribution in [-0.4, -0.2) is 17.4 Å². The van der Waals surface area contributed by atoms with Crippen molar-refractivity contribution in [2.45, 2.75) is 25.7 Å². The van der Waals surface area contributed by atoms with E-state index in [1.807, 2.05) is 0 Å². The summed E-state index contributed by atoms with van der Waals surface area (Å²) in [5.41, 5.74) is 2.15. The van der Waals surface area contributed by atoms with E-state index in [-0.39, 0.29) is 11.7 Å². The average Bonchev–Trinajstić information content (AvgIpc) is 2.68. The lowest BCUT2D eigenvalue weighted by Gasteiger charge is -2.15. The maximum atomic E-state index is 13.1. The fourth-order valence-electron chi connectivity index (χ4n) is 2.55. The third-order valence-corrected chi connectivity index (χ3v) is 3.42. The summed E-state index contributed by atoms with van der Waals surface area (Å²) in [6.07, 6.45) is 5.48. The second kappa shape index (κ2) is 3.95. The quantitative estimate of drug-likeness (QED) is 0.745. The molecule has 0 aromatic carbocycles. The van der Waals surface area contributed by atoms with Gasteiger partial charge in [-0.05, 0) is 37.3 Å². The molecule has 1 aliphatic heterocycles. The molecule has 3 nitrogen and oxygen atoms in total. The van der Waals surface area contributed by atoms with Gasteiger partial charge >= 0.3 is 0 Å². The molecule has 1 aromatic heterocycles. The molecule has 0 unspecified atom stereocenters. The van der Waals surface area contributed by atoms with Crippen LogP contribution in [0.5, 0.6) is 0 Å². The topological polar surface area (TPSA) is 33.2 Å². The number of pyridine rings is 1. The van der Waals surface area contributed by atoms with Gasteiger partial charge in [0.15, 0.2) is 0 Å². The highest BCUT2D eigenvalue weighted by molar-refractivity contribution is 6.08. The fourth-order valence-corrected chi connectivity index (χ4v) is 2.55. The molecule has 0 N–H and O–H groups in total. The molecule has 2 heterocycles. The summed E-state index contributed by atoms with van der Waals surface area (Å²) in [5, 5.41) is 0. The van der Waals surface area contributed by atoms with Crippen LogP contribution in [0.4, 0.5) is 10.2 Å². The van der Waals surface area contributed by atoms with Gasteiger partial charge in [-0.3, -0.25) is 9.69 Å². The summed E-state index contributed by atoms with van der Waals surface area (Å²) in [5.74, 6) is 0.0786. The smallest absolute Gasteiger partial charge is 0.255 e. The van der Waals surface area contributed by atoms with E-state index in [1.165, 1.54) is 23.9 Å². The molecule has 0 atom stereocenters. The second-order valence-corrected chi connectivity index (χ2v) is 4.51. The van der Waals surface area contributed by atoms with E-state index in [9.17, 15) is 9.18 Å². The van der Waals surface area contributed by atoms with Crippen LogP contribution in [-0.2, 0) is 4.79 Å². The van der Waals surface area contributed by atoms with Gasteiger partial charge in [-0.1, -0.05) is 0 Å². The minimum absolute atomic E-state index is 0.0119.